The quantitative estimate of drug-likeness (QED) is 0.659. The molecular weight excluding hydrogens is 246 g/mol. The van der Waals surface area contributed by atoms with Gasteiger partial charge in [0.05, 0.1) is 10.4 Å². The largest absolute Gasteiger partial charge is 0.482 e. The molecule has 2 aromatic rings. The van der Waals surface area contributed by atoms with E-state index >= 15 is 0 Å². The third-order valence-electron chi connectivity index (χ3n) is 2.71. The molecule has 0 aliphatic rings. The minimum atomic E-state index is -0.471. The Morgan fingerprint density at radius 3 is 2.89 bits per heavy atom. The molecular formula is C13H15N3O3. The second kappa shape index (κ2) is 5.62. The van der Waals surface area contributed by atoms with Crippen LogP contribution in [0.1, 0.15) is 6.92 Å². The average Bonchev–Trinajstić information content (AvgIpc) is 2.39. The van der Waals surface area contributed by atoms with Crippen molar-refractivity contribution in [2.45, 2.75) is 13.0 Å². The number of hydrogen-bond acceptors (Lipinski definition) is 5. The van der Waals surface area contributed by atoms with Gasteiger partial charge in [0.1, 0.15) is 12.3 Å². The van der Waals surface area contributed by atoms with E-state index in [4.69, 9.17) is 4.74 Å². The van der Waals surface area contributed by atoms with Gasteiger partial charge in [-0.1, -0.05) is 12.1 Å². The Morgan fingerprint density at radius 2 is 2.21 bits per heavy atom. The Hall–Kier alpha value is -2.21. The van der Waals surface area contributed by atoms with Gasteiger partial charge in [0.15, 0.2) is 0 Å². The van der Waals surface area contributed by atoms with Crippen LogP contribution in [0, 0.1) is 10.1 Å². The molecule has 0 aliphatic heterocycles. The molecule has 0 amide bonds. The van der Waals surface area contributed by atoms with Gasteiger partial charge in [-0.25, -0.2) is 4.98 Å². The van der Waals surface area contributed by atoms with Crippen molar-refractivity contribution in [3.63, 3.8) is 0 Å². The number of fused-ring (bicyclic) bond motifs is 1. The van der Waals surface area contributed by atoms with Gasteiger partial charge in [0.25, 0.3) is 0 Å². The highest BCUT2D eigenvalue weighted by atomic mass is 16.6. The molecule has 6 nitrogen and oxygen atoms in total. The number of nitrogens with one attached hydrogen (secondary N) is 1. The summed E-state index contributed by atoms with van der Waals surface area (Å²) in [6.45, 7) is 2.46. The molecule has 1 atom stereocenters. The zero-order valence-corrected chi connectivity index (χ0v) is 10.8. The minimum absolute atomic E-state index is 0.110. The highest BCUT2D eigenvalue weighted by Crippen LogP contribution is 2.34. The zero-order valence-electron chi connectivity index (χ0n) is 10.8. The van der Waals surface area contributed by atoms with E-state index in [1.807, 2.05) is 19.1 Å². The van der Waals surface area contributed by atoms with E-state index in [0.717, 1.165) is 0 Å². The first kappa shape index (κ1) is 13.2. The summed E-state index contributed by atoms with van der Waals surface area (Å²) in [5.74, 6) is 0.276. The SMILES string of the molecule is CNCC(C)Oc1c([N+](=O)[O-])cnc2ccccc12. The van der Waals surface area contributed by atoms with Crippen molar-refractivity contribution in [2.75, 3.05) is 13.6 Å². The number of hydrogen-bond donors (Lipinski definition) is 1. The van der Waals surface area contributed by atoms with Crippen molar-refractivity contribution < 1.29 is 9.66 Å². The topological polar surface area (TPSA) is 77.3 Å². The molecule has 1 N–H and O–H groups in total. The lowest BCUT2D eigenvalue weighted by molar-refractivity contribution is -0.386. The van der Waals surface area contributed by atoms with E-state index in [-0.39, 0.29) is 17.5 Å². The van der Waals surface area contributed by atoms with Gasteiger partial charge in [-0.3, -0.25) is 10.1 Å². The molecule has 0 saturated carbocycles. The van der Waals surface area contributed by atoms with Crippen molar-refractivity contribution >= 4 is 16.6 Å². The summed E-state index contributed by atoms with van der Waals surface area (Å²) in [6.07, 6.45) is 1.07. The number of pyridine rings is 1. The maximum atomic E-state index is 11.1. The van der Waals surface area contributed by atoms with E-state index in [0.29, 0.717) is 17.4 Å². The molecule has 1 aromatic heterocycles. The summed E-state index contributed by atoms with van der Waals surface area (Å²) in [5, 5.41) is 14.7. The molecule has 19 heavy (non-hydrogen) atoms. The second-order valence-corrected chi connectivity index (χ2v) is 4.23. The van der Waals surface area contributed by atoms with Crippen molar-refractivity contribution in [1.82, 2.24) is 10.3 Å². The number of para-hydroxylation sites is 1. The number of benzene rings is 1. The highest BCUT2D eigenvalue weighted by molar-refractivity contribution is 5.88. The van der Waals surface area contributed by atoms with E-state index in [2.05, 4.69) is 10.3 Å². The molecule has 0 fully saturated rings. The Labute approximate surface area is 110 Å². The monoisotopic (exact) mass is 261 g/mol. The molecule has 1 heterocycles. The van der Waals surface area contributed by atoms with Crippen LogP contribution in [-0.4, -0.2) is 29.6 Å². The van der Waals surface area contributed by atoms with Crippen LogP contribution in [0.4, 0.5) is 5.69 Å². The smallest absolute Gasteiger partial charge is 0.329 e. The van der Waals surface area contributed by atoms with Crippen LogP contribution in [0.2, 0.25) is 0 Å². The van der Waals surface area contributed by atoms with Gasteiger partial charge in [-0.15, -0.1) is 0 Å². The number of ether oxygens (including phenoxy) is 1. The van der Waals surface area contributed by atoms with Gasteiger partial charge < -0.3 is 10.1 Å². The molecule has 100 valence electrons. The Bertz CT molecular complexity index is 601. The lowest BCUT2D eigenvalue weighted by Gasteiger charge is -2.15. The van der Waals surface area contributed by atoms with E-state index in [1.54, 1.807) is 19.2 Å². The fraction of sp³-hybridized carbons (Fsp3) is 0.308. The molecule has 1 unspecified atom stereocenters. The summed E-state index contributed by atoms with van der Waals surface area (Å²) >= 11 is 0. The maximum Gasteiger partial charge on any atom is 0.329 e. The first-order chi connectivity index (χ1) is 9.13. The lowest BCUT2D eigenvalue weighted by atomic mass is 10.2. The molecule has 0 aliphatic carbocycles. The van der Waals surface area contributed by atoms with E-state index in [9.17, 15) is 10.1 Å². The number of nitrogens with zero attached hydrogens (tertiary/aromatic N) is 2. The normalized spacial score (nSPS) is 12.3. The lowest BCUT2D eigenvalue weighted by Crippen LogP contribution is -2.26. The molecule has 1 aromatic carbocycles. The molecule has 0 saturated heterocycles. The summed E-state index contributed by atoms with van der Waals surface area (Å²) in [4.78, 5) is 14.7. The summed E-state index contributed by atoms with van der Waals surface area (Å²) in [5.41, 5.74) is 0.571. The summed E-state index contributed by atoms with van der Waals surface area (Å²) in [6, 6.07) is 7.22. The van der Waals surface area contributed by atoms with Crippen LogP contribution in [-0.2, 0) is 0 Å². The van der Waals surface area contributed by atoms with Gasteiger partial charge in [-0.2, -0.15) is 0 Å². The third-order valence-corrected chi connectivity index (χ3v) is 2.71. The van der Waals surface area contributed by atoms with Gasteiger partial charge in [-0.05, 0) is 26.1 Å². The Balaban J connectivity index is 2.52. The van der Waals surface area contributed by atoms with E-state index < -0.39 is 4.92 Å². The van der Waals surface area contributed by atoms with Crippen LogP contribution < -0.4 is 10.1 Å². The number of rotatable bonds is 5. The Kier molecular flexibility index (Phi) is 3.91. The number of aromatic nitrogens is 1. The third kappa shape index (κ3) is 2.79. The van der Waals surface area contributed by atoms with Gasteiger partial charge >= 0.3 is 5.69 Å². The molecule has 0 spiro atoms. The predicted molar refractivity (Wildman–Crippen MR) is 72.4 cm³/mol. The van der Waals surface area contributed by atoms with Crippen LogP contribution >= 0.6 is 0 Å². The van der Waals surface area contributed by atoms with Gasteiger partial charge in [0, 0.05) is 11.9 Å². The van der Waals surface area contributed by atoms with Crippen LogP contribution in [0.15, 0.2) is 30.5 Å². The molecule has 2 rings (SSSR count). The maximum absolute atomic E-state index is 11.1. The van der Waals surface area contributed by atoms with Crippen molar-refractivity contribution in [3.8, 4) is 5.75 Å². The second-order valence-electron chi connectivity index (χ2n) is 4.23. The first-order valence-electron chi connectivity index (χ1n) is 5.97. The fourth-order valence-corrected chi connectivity index (χ4v) is 1.89. The van der Waals surface area contributed by atoms with Crippen LogP contribution in [0.25, 0.3) is 10.9 Å². The highest BCUT2D eigenvalue weighted by Gasteiger charge is 2.21. The minimum Gasteiger partial charge on any atom is -0.482 e. The average molecular weight is 261 g/mol. The van der Waals surface area contributed by atoms with Crippen LogP contribution in [0.3, 0.4) is 0 Å². The first-order valence-corrected chi connectivity index (χ1v) is 5.97. The molecule has 6 heteroatoms. The predicted octanol–water partition coefficient (Wildman–Crippen LogP) is 2.13. The fourth-order valence-electron chi connectivity index (χ4n) is 1.89. The van der Waals surface area contributed by atoms with E-state index in [1.165, 1.54) is 6.20 Å². The Morgan fingerprint density at radius 1 is 1.47 bits per heavy atom. The standard InChI is InChI=1S/C13H15N3O3/c1-9(7-14-2)19-13-10-5-3-4-6-11(10)15-8-12(13)16(17)18/h3-6,8-9,14H,7H2,1-2H3. The summed E-state index contributed by atoms with van der Waals surface area (Å²) < 4.78 is 5.72. The zero-order chi connectivity index (χ0) is 13.8. The van der Waals surface area contributed by atoms with Gasteiger partial charge in [0.2, 0.25) is 5.75 Å². The van der Waals surface area contributed by atoms with Crippen molar-refractivity contribution in [3.05, 3.63) is 40.6 Å². The van der Waals surface area contributed by atoms with Crippen LogP contribution in [0.5, 0.6) is 5.75 Å². The number of likely N-dealkylation sites (N-methyl/N-ethyl adjacent to an activating group) is 1. The molecule has 0 bridgehead atoms. The number of nitro groups is 1. The summed E-state index contributed by atoms with van der Waals surface area (Å²) in [7, 11) is 1.80. The van der Waals surface area contributed by atoms with Crippen molar-refractivity contribution in [1.29, 1.82) is 0 Å². The molecule has 0 radical (unpaired) electrons. The van der Waals surface area contributed by atoms with Crippen molar-refractivity contribution in [2.24, 2.45) is 0 Å².